The summed E-state index contributed by atoms with van der Waals surface area (Å²) in [5.74, 6) is 5.96. The van der Waals surface area contributed by atoms with Crippen LogP contribution < -0.4 is 10.6 Å². The topological polar surface area (TPSA) is 146 Å². The summed E-state index contributed by atoms with van der Waals surface area (Å²) in [5, 5.41) is 14.0. The van der Waals surface area contributed by atoms with E-state index in [9.17, 15) is 9.59 Å². The van der Waals surface area contributed by atoms with Crippen LogP contribution in [-0.4, -0.2) is 68.3 Å². The van der Waals surface area contributed by atoms with Gasteiger partial charge in [0.15, 0.2) is 0 Å². The van der Waals surface area contributed by atoms with Crippen LogP contribution in [0.4, 0.5) is 16.3 Å². The van der Waals surface area contributed by atoms with Gasteiger partial charge in [-0.25, -0.2) is 19.7 Å². The monoisotopic (exact) mass is 556 g/mol. The number of likely N-dealkylation sites (N-methyl/N-ethyl adjacent to an activating group) is 1. The Bertz CT molecular complexity index is 1530. The number of aryl methyl sites for hydroxylation is 2. The molecule has 1 unspecified atom stereocenters. The minimum atomic E-state index is -0.855. The zero-order valence-corrected chi connectivity index (χ0v) is 24.9. The highest BCUT2D eigenvalue weighted by atomic mass is 16.6. The lowest BCUT2D eigenvalue weighted by atomic mass is 10.1. The molecule has 1 atom stereocenters. The zero-order chi connectivity index (χ0) is 30.5. The number of amides is 2. The summed E-state index contributed by atoms with van der Waals surface area (Å²) in [6.45, 7) is 12.3. The molecule has 0 aromatic carbocycles. The van der Waals surface area contributed by atoms with E-state index < -0.39 is 23.6 Å². The number of pyridine rings is 2. The Hall–Kier alpha value is -4.85. The number of carbonyl (C=O) groups is 2. The van der Waals surface area contributed by atoms with E-state index in [-0.39, 0.29) is 11.5 Å². The Morgan fingerprint density at radius 1 is 1.05 bits per heavy atom. The maximum absolute atomic E-state index is 13.2. The Balaban J connectivity index is 2.06. The fraction of sp³-hybridized carbons (Fsp3) is 0.367. The van der Waals surface area contributed by atoms with Crippen molar-refractivity contribution in [2.24, 2.45) is 0 Å². The molecule has 0 spiro atoms. The van der Waals surface area contributed by atoms with Crippen molar-refractivity contribution in [2.75, 3.05) is 24.7 Å². The Kier molecular flexibility index (Phi) is 9.39. The molecule has 11 nitrogen and oxygen atoms in total. The van der Waals surface area contributed by atoms with E-state index in [2.05, 4.69) is 42.4 Å². The van der Waals surface area contributed by atoms with Gasteiger partial charge in [0.25, 0.3) is 0 Å². The fourth-order valence-electron chi connectivity index (χ4n) is 3.86. The van der Waals surface area contributed by atoms with Crippen molar-refractivity contribution in [3.8, 4) is 23.1 Å². The molecule has 0 aliphatic rings. The van der Waals surface area contributed by atoms with E-state index in [1.807, 2.05) is 26.0 Å². The standard InChI is InChI=1S/C30H36N8O3/c1-17-12-21(13-18(2)35-17)10-11-23-14-22(26-27(32-8)25(19(3)31)33-16-34-26)15-24(36-23)37-28(39)20(4)38(9)29(40)41-30(5,6)7/h12-16,20,31-32H,1-9H3,(H,36,37,39). The average molecular weight is 557 g/mol. The SMILES string of the molecule is CNc1c(C(C)=N)ncnc1-c1cc(C#Cc2cc(C)nc(C)c2)nc(NC(=O)C(C)N(C)C(=O)OC(C)(C)C)c1. The van der Waals surface area contributed by atoms with Crippen molar-refractivity contribution in [2.45, 2.75) is 60.1 Å². The van der Waals surface area contributed by atoms with Gasteiger partial charge in [-0.05, 0) is 78.7 Å². The summed E-state index contributed by atoms with van der Waals surface area (Å²) in [5.41, 5.74) is 4.54. The van der Waals surface area contributed by atoms with Gasteiger partial charge in [0, 0.05) is 36.6 Å². The van der Waals surface area contributed by atoms with Gasteiger partial charge in [-0.2, -0.15) is 0 Å². The predicted molar refractivity (Wildman–Crippen MR) is 159 cm³/mol. The van der Waals surface area contributed by atoms with Crippen LogP contribution in [0.2, 0.25) is 0 Å². The van der Waals surface area contributed by atoms with Crippen LogP contribution in [0.3, 0.4) is 0 Å². The number of aromatic nitrogens is 4. The van der Waals surface area contributed by atoms with E-state index in [1.54, 1.807) is 53.8 Å². The van der Waals surface area contributed by atoms with E-state index in [0.717, 1.165) is 17.0 Å². The summed E-state index contributed by atoms with van der Waals surface area (Å²) in [7, 11) is 3.22. The highest BCUT2D eigenvalue weighted by molar-refractivity contribution is 6.02. The summed E-state index contributed by atoms with van der Waals surface area (Å²) >= 11 is 0. The first-order chi connectivity index (χ1) is 19.2. The lowest BCUT2D eigenvalue weighted by Gasteiger charge is -2.28. The zero-order valence-electron chi connectivity index (χ0n) is 24.9. The minimum absolute atomic E-state index is 0.220. The molecule has 3 heterocycles. The second-order valence-electron chi connectivity index (χ2n) is 10.6. The summed E-state index contributed by atoms with van der Waals surface area (Å²) in [6, 6.07) is 6.32. The van der Waals surface area contributed by atoms with Gasteiger partial charge in [-0.15, -0.1) is 0 Å². The third-order valence-electron chi connectivity index (χ3n) is 5.86. The van der Waals surface area contributed by atoms with Crippen LogP contribution in [0, 0.1) is 31.1 Å². The van der Waals surface area contributed by atoms with E-state index in [0.29, 0.717) is 28.3 Å². The highest BCUT2D eigenvalue weighted by Gasteiger charge is 2.27. The van der Waals surface area contributed by atoms with Crippen molar-refractivity contribution >= 4 is 29.2 Å². The van der Waals surface area contributed by atoms with Crippen molar-refractivity contribution in [1.82, 2.24) is 24.8 Å². The van der Waals surface area contributed by atoms with Crippen LogP contribution in [0.15, 0.2) is 30.6 Å². The smallest absolute Gasteiger partial charge is 0.410 e. The quantitative estimate of drug-likeness (QED) is 0.296. The molecule has 3 rings (SSSR count). The summed E-state index contributed by atoms with van der Waals surface area (Å²) in [6.07, 6.45) is 0.763. The highest BCUT2D eigenvalue weighted by Crippen LogP contribution is 2.30. The number of hydrogen-bond donors (Lipinski definition) is 3. The number of anilines is 2. The molecular formula is C30H36N8O3. The van der Waals surface area contributed by atoms with Crippen molar-refractivity contribution in [3.63, 3.8) is 0 Å². The largest absolute Gasteiger partial charge is 0.444 e. The summed E-state index contributed by atoms with van der Waals surface area (Å²) < 4.78 is 5.39. The number of rotatable bonds is 6. The molecule has 0 fully saturated rings. The van der Waals surface area contributed by atoms with Gasteiger partial charge in [0.05, 0.1) is 17.1 Å². The molecule has 3 aromatic rings. The molecule has 0 aliphatic carbocycles. The van der Waals surface area contributed by atoms with Crippen LogP contribution in [0.5, 0.6) is 0 Å². The molecule has 214 valence electrons. The molecule has 0 bridgehead atoms. The maximum Gasteiger partial charge on any atom is 0.410 e. The average Bonchev–Trinajstić information content (AvgIpc) is 2.88. The first-order valence-corrected chi connectivity index (χ1v) is 13.0. The molecule has 11 heteroatoms. The van der Waals surface area contributed by atoms with E-state index in [1.165, 1.54) is 18.3 Å². The molecule has 2 amide bonds. The second kappa shape index (κ2) is 12.6. The van der Waals surface area contributed by atoms with Crippen molar-refractivity contribution in [3.05, 3.63) is 58.9 Å². The van der Waals surface area contributed by atoms with Crippen LogP contribution >= 0.6 is 0 Å². The van der Waals surface area contributed by atoms with Gasteiger partial charge in [-0.3, -0.25) is 14.7 Å². The van der Waals surface area contributed by atoms with Crippen LogP contribution in [0.1, 0.15) is 63.0 Å². The third-order valence-corrected chi connectivity index (χ3v) is 5.86. The van der Waals surface area contributed by atoms with Gasteiger partial charge in [-0.1, -0.05) is 5.92 Å². The number of nitrogens with one attached hydrogen (secondary N) is 3. The van der Waals surface area contributed by atoms with Crippen molar-refractivity contribution < 1.29 is 14.3 Å². The maximum atomic E-state index is 13.2. The lowest BCUT2D eigenvalue weighted by Crippen LogP contribution is -2.45. The Labute approximate surface area is 240 Å². The second-order valence-corrected chi connectivity index (χ2v) is 10.6. The Morgan fingerprint density at radius 3 is 2.29 bits per heavy atom. The first kappa shape index (κ1) is 30.7. The predicted octanol–water partition coefficient (Wildman–Crippen LogP) is 4.57. The van der Waals surface area contributed by atoms with Gasteiger partial charge < -0.3 is 20.8 Å². The van der Waals surface area contributed by atoms with Gasteiger partial charge in [0.1, 0.15) is 35.2 Å². The molecule has 0 radical (unpaired) electrons. The third kappa shape index (κ3) is 8.08. The number of ether oxygens (including phenoxy) is 1. The lowest BCUT2D eigenvalue weighted by molar-refractivity contribution is -0.120. The fourth-order valence-corrected chi connectivity index (χ4v) is 3.86. The molecule has 3 aromatic heterocycles. The van der Waals surface area contributed by atoms with Crippen molar-refractivity contribution in [1.29, 1.82) is 5.41 Å². The molecule has 0 saturated carbocycles. The number of carbonyl (C=O) groups excluding carboxylic acids is 2. The van der Waals surface area contributed by atoms with Gasteiger partial charge in [0.2, 0.25) is 5.91 Å². The van der Waals surface area contributed by atoms with E-state index in [4.69, 9.17) is 10.1 Å². The molecule has 0 aliphatic heterocycles. The molecule has 41 heavy (non-hydrogen) atoms. The first-order valence-electron chi connectivity index (χ1n) is 13.0. The normalized spacial score (nSPS) is 11.5. The van der Waals surface area contributed by atoms with Gasteiger partial charge >= 0.3 is 6.09 Å². The number of hydrogen-bond acceptors (Lipinski definition) is 9. The molecule has 0 saturated heterocycles. The summed E-state index contributed by atoms with van der Waals surface area (Å²) in [4.78, 5) is 44.6. The minimum Gasteiger partial charge on any atom is -0.444 e. The van der Waals surface area contributed by atoms with E-state index >= 15 is 0 Å². The van der Waals surface area contributed by atoms with Crippen LogP contribution in [-0.2, 0) is 9.53 Å². The molecule has 3 N–H and O–H groups in total. The Morgan fingerprint density at radius 2 is 1.71 bits per heavy atom. The van der Waals surface area contributed by atoms with Crippen LogP contribution in [0.25, 0.3) is 11.3 Å². The number of nitrogens with zero attached hydrogens (tertiary/aromatic N) is 5. The molecular weight excluding hydrogens is 520 g/mol.